The third-order valence-electron chi connectivity index (χ3n) is 3.50. The maximum Gasteiger partial charge on any atom is 0.262 e. The van der Waals surface area contributed by atoms with Crippen molar-refractivity contribution in [2.24, 2.45) is 0 Å². The number of fused-ring (bicyclic) bond motifs is 2. The lowest BCUT2D eigenvalue weighted by molar-refractivity contribution is 0.0365. The molecule has 0 atom stereocenters. The number of hydrogen-bond acceptors (Lipinski definition) is 5. The van der Waals surface area contributed by atoms with E-state index in [1.165, 1.54) is 0 Å². The van der Waals surface area contributed by atoms with Crippen LogP contribution in [0.5, 0.6) is 0 Å². The zero-order chi connectivity index (χ0) is 16.7. The second-order valence-corrected chi connectivity index (χ2v) is 5.51. The number of hydrogen-bond donors (Lipinski definition) is 1. The van der Waals surface area contributed by atoms with E-state index in [2.05, 4.69) is 25.5 Å². The van der Waals surface area contributed by atoms with Crippen LogP contribution in [-0.4, -0.2) is 41.7 Å². The van der Waals surface area contributed by atoms with E-state index in [4.69, 9.17) is 0 Å². The fourth-order valence-electron chi connectivity index (χ4n) is 2.39. The summed E-state index contributed by atoms with van der Waals surface area (Å²) in [4.78, 5) is 8.25. The molecule has 0 amide bonds. The van der Waals surface area contributed by atoms with Crippen LogP contribution in [0, 0.1) is 0 Å². The largest absolute Gasteiger partial charge is 0.347 e. The van der Waals surface area contributed by atoms with Crippen molar-refractivity contribution in [3.8, 4) is 11.3 Å². The molecule has 0 unspecified atom stereocenters. The van der Waals surface area contributed by atoms with Crippen molar-refractivity contribution >= 4 is 17.1 Å². The van der Waals surface area contributed by atoms with Gasteiger partial charge in [0.05, 0.1) is 24.0 Å². The van der Waals surface area contributed by atoms with Crippen molar-refractivity contribution in [3.05, 3.63) is 43.0 Å². The van der Waals surface area contributed by atoms with Gasteiger partial charge >= 0.3 is 0 Å². The maximum absolute atomic E-state index is 12.9. The van der Waals surface area contributed by atoms with Crippen LogP contribution in [-0.2, 0) is 0 Å². The summed E-state index contributed by atoms with van der Waals surface area (Å²) in [6.45, 7) is 0.315. The minimum Gasteiger partial charge on any atom is -0.347 e. The molecule has 4 heterocycles. The molecule has 0 fully saturated rings. The van der Waals surface area contributed by atoms with Crippen molar-refractivity contribution in [1.29, 1.82) is 0 Å². The second-order valence-electron chi connectivity index (χ2n) is 5.51. The molecule has 1 N–H and O–H groups in total. The quantitative estimate of drug-likeness (QED) is 0.623. The summed E-state index contributed by atoms with van der Waals surface area (Å²) in [6.07, 6.45) is 6.76. The van der Waals surface area contributed by atoms with E-state index in [-0.39, 0.29) is 5.95 Å². The Hall–Kier alpha value is -3.10. The SMILES string of the molecule is CC(F)(F)CNc1ncc2c(-c3ccc4nccn4n3)ccn2n1. The standard InChI is InChI=1S/C15H13F2N7/c1-15(16,17)9-20-14-19-8-12-10(4-6-23(12)22-14)11-2-3-13-18-5-7-24(13)21-11/h2-8H,9H2,1H3,(H,20,22). The first-order valence-electron chi connectivity index (χ1n) is 7.26. The van der Waals surface area contributed by atoms with Gasteiger partial charge in [0, 0.05) is 31.1 Å². The number of alkyl halides is 2. The van der Waals surface area contributed by atoms with E-state index >= 15 is 0 Å². The minimum atomic E-state index is -2.83. The Labute approximate surface area is 135 Å². The van der Waals surface area contributed by atoms with Gasteiger partial charge in [0.2, 0.25) is 5.95 Å². The van der Waals surface area contributed by atoms with Gasteiger partial charge in [0.1, 0.15) is 0 Å². The smallest absolute Gasteiger partial charge is 0.262 e. The van der Waals surface area contributed by atoms with Crippen LogP contribution in [0.1, 0.15) is 6.92 Å². The van der Waals surface area contributed by atoms with Crippen LogP contribution in [0.3, 0.4) is 0 Å². The summed E-state index contributed by atoms with van der Waals surface area (Å²) in [5.41, 5.74) is 3.08. The summed E-state index contributed by atoms with van der Waals surface area (Å²) in [5, 5.41) is 11.2. The minimum absolute atomic E-state index is 0.143. The number of nitrogens with zero attached hydrogens (tertiary/aromatic N) is 6. The van der Waals surface area contributed by atoms with Gasteiger partial charge in [-0.1, -0.05) is 0 Å². The topological polar surface area (TPSA) is 72.4 Å². The number of imidazole rings is 1. The summed E-state index contributed by atoms with van der Waals surface area (Å²) in [7, 11) is 0. The van der Waals surface area contributed by atoms with Gasteiger partial charge in [-0.25, -0.2) is 27.8 Å². The molecular formula is C15H13F2N7. The Kier molecular flexibility index (Phi) is 3.15. The number of halogens is 2. The summed E-state index contributed by atoms with van der Waals surface area (Å²) in [6, 6.07) is 5.58. The molecule has 0 spiro atoms. The predicted molar refractivity (Wildman–Crippen MR) is 84.1 cm³/mol. The van der Waals surface area contributed by atoms with Crippen LogP contribution in [0.2, 0.25) is 0 Å². The number of anilines is 1. The summed E-state index contributed by atoms with van der Waals surface area (Å²) < 4.78 is 29.1. The average molecular weight is 329 g/mol. The highest BCUT2D eigenvalue weighted by molar-refractivity contribution is 5.78. The second kappa shape index (κ2) is 5.22. The lowest BCUT2D eigenvalue weighted by Gasteiger charge is -2.11. The number of nitrogens with one attached hydrogen (secondary N) is 1. The van der Waals surface area contributed by atoms with E-state index in [9.17, 15) is 8.78 Å². The maximum atomic E-state index is 12.9. The Balaban J connectivity index is 1.69. The van der Waals surface area contributed by atoms with E-state index in [1.54, 1.807) is 33.8 Å². The molecule has 4 rings (SSSR count). The Morgan fingerprint density at radius 2 is 1.96 bits per heavy atom. The summed E-state index contributed by atoms with van der Waals surface area (Å²) >= 11 is 0. The first-order chi connectivity index (χ1) is 11.5. The Morgan fingerprint density at radius 1 is 1.08 bits per heavy atom. The number of aromatic nitrogens is 6. The molecular weight excluding hydrogens is 316 g/mol. The third-order valence-corrected chi connectivity index (χ3v) is 3.50. The van der Waals surface area contributed by atoms with Crippen LogP contribution in [0.25, 0.3) is 22.4 Å². The predicted octanol–water partition coefficient (Wildman–Crippen LogP) is 2.51. The van der Waals surface area contributed by atoms with Crippen molar-refractivity contribution in [3.63, 3.8) is 0 Å². The Morgan fingerprint density at radius 3 is 2.79 bits per heavy atom. The zero-order valence-electron chi connectivity index (χ0n) is 12.7. The van der Waals surface area contributed by atoms with Gasteiger partial charge in [-0.3, -0.25) is 0 Å². The molecule has 122 valence electrons. The van der Waals surface area contributed by atoms with Crippen molar-refractivity contribution in [1.82, 2.24) is 29.2 Å². The van der Waals surface area contributed by atoms with Crippen molar-refractivity contribution < 1.29 is 8.78 Å². The molecule has 0 saturated carbocycles. The molecule has 0 bridgehead atoms. The van der Waals surface area contributed by atoms with Crippen LogP contribution >= 0.6 is 0 Å². The molecule has 4 aromatic rings. The fourth-order valence-corrected chi connectivity index (χ4v) is 2.39. The molecule has 9 heteroatoms. The van der Waals surface area contributed by atoms with Crippen molar-refractivity contribution in [2.45, 2.75) is 12.8 Å². The first kappa shape index (κ1) is 14.5. The van der Waals surface area contributed by atoms with Gasteiger partial charge in [-0.15, -0.1) is 5.10 Å². The van der Waals surface area contributed by atoms with Gasteiger partial charge in [-0.2, -0.15) is 5.10 Å². The molecule has 7 nitrogen and oxygen atoms in total. The van der Waals surface area contributed by atoms with Crippen LogP contribution in [0.4, 0.5) is 14.7 Å². The lowest BCUT2D eigenvalue weighted by Crippen LogP contribution is -2.24. The molecule has 4 aromatic heterocycles. The van der Waals surface area contributed by atoms with Crippen molar-refractivity contribution in [2.75, 3.05) is 11.9 Å². The average Bonchev–Trinajstić information content (AvgIpc) is 3.17. The normalized spacial score (nSPS) is 12.1. The van der Waals surface area contributed by atoms with E-state index in [0.29, 0.717) is 0 Å². The molecule has 24 heavy (non-hydrogen) atoms. The lowest BCUT2D eigenvalue weighted by atomic mass is 10.2. The first-order valence-corrected chi connectivity index (χ1v) is 7.26. The van der Waals surface area contributed by atoms with E-state index in [1.807, 2.05) is 18.2 Å². The molecule has 0 radical (unpaired) electrons. The van der Waals surface area contributed by atoms with Gasteiger partial charge in [0.15, 0.2) is 5.65 Å². The molecule has 0 saturated heterocycles. The molecule has 0 aliphatic carbocycles. The van der Waals surface area contributed by atoms with Gasteiger partial charge in [-0.05, 0) is 18.2 Å². The number of rotatable bonds is 4. The zero-order valence-corrected chi connectivity index (χ0v) is 12.7. The highest BCUT2D eigenvalue weighted by Gasteiger charge is 2.21. The third kappa shape index (κ3) is 2.64. The van der Waals surface area contributed by atoms with E-state index < -0.39 is 12.5 Å². The monoisotopic (exact) mass is 329 g/mol. The Bertz CT molecular complexity index is 1020. The molecule has 0 aliphatic rings. The fraction of sp³-hybridized carbons (Fsp3) is 0.200. The van der Waals surface area contributed by atoms with Gasteiger partial charge < -0.3 is 5.32 Å². The van der Waals surface area contributed by atoms with Gasteiger partial charge in [0.25, 0.3) is 5.92 Å². The summed E-state index contributed by atoms with van der Waals surface area (Å²) in [5.74, 6) is -2.69. The van der Waals surface area contributed by atoms with Crippen LogP contribution in [0.15, 0.2) is 43.0 Å². The molecule has 0 aliphatic heterocycles. The highest BCUT2D eigenvalue weighted by atomic mass is 19.3. The highest BCUT2D eigenvalue weighted by Crippen LogP contribution is 2.23. The molecule has 0 aromatic carbocycles. The van der Waals surface area contributed by atoms with E-state index in [0.717, 1.165) is 29.3 Å². The van der Waals surface area contributed by atoms with Crippen LogP contribution < -0.4 is 5.32 Å².